The molecule has 0 aliphatic carbocycles. The highest BCUT2D eigenvalue weighted by molar-refractivity contribution is 7.92. The number of nitrogens with one attached hydrogen (secondary N) is 1. The van der Waals surface area contributed by atoms with Crippen molar-refractivity contribution in [3.05, 3.63) is 89.2 Å². The average Bonchev–Trinajstić information content (AvgIpc) is 2.81. The van der Waals surface area contributed by atoms with Gasteiger partial charge in [0.15, 0.2) is 0 Å². The third kappa shape index (κ3) is 5.88. The second-order valence-corrected chi connectivity index (χ2v) is 8.92. The fourth-order valence-corrected chi connectivity index (χ4v) is 4.59. The van der Waals surface area contributed by atoms with Crippen LogP contribution in [0.1, 0.15) is 12.5 Å². The highest BCUT2D eigenvalue weighted by Gasteiger charge is 2.29. The maximum Gasteiger partial charge on any atom is 0.264 e. The first-order chi connectivity index (χ1) is 15.8. The quantitative estimate of drug-likeness (QED) is 0.360. The highest BCUT2D eigenvalue weighted by Crippen LogP contribution is 2.32. The Morgan fingerprint density at radius 2 is 1.79 bits per heavy atom. The van der Waals surface area contributed by atoms with Crippen molar-refractivity contribution in [3.63, 3.8) is 0 Å². The van der Waals surface area contributed by atoms with Gasteiger partial charge in [0.05, 0.1) is 28.4 Å². The number of anilines is 1. The van der Waals surface area contributed by atoms with E-state index in [0.717, 1.165) is 10.5 Å². The van der Waals surface area contributed by atoms with E-state index in [-0.39, 0.29) is 21.2 Å². The van der Waals surface area contributed by atoms with Crippen LogP contribution >= 0.6 is 11.6 Å². The third-order valence-electron chi connectivity index (χ3n) is 4.43. The second-order valence-electron chi connectivity index (χ2n) is 6.65. The van der Waals surface area contributed by atoms with Crippen LogP contribution in [0.5, 0.6) is 5.75 Å². The molecule has 0 radical (unpaired) electrons. The molecule has 0 saturated carbocycles. The molecule has 0 aromatic heterocycles. The summed E-state index contributed by atoms with van der Waals surface area (Å²) in [5.74, 6) is -1.06. The number of carbonyl (C=O) groups is 1. The Hall–Kier alpha value is -3.43. The van der Waals surface area contributed by atoms with Crippen LogP contribution in [0.25, 0.3) is 0 Å². The second kappa shape index (κ2) is 10.9. The molecule has 1 amide bonds. The van der Waals surface area contributed by atoms with Crippen molar-refractivity contribution in [2.24, 2.45) is 5.10 Å². The maximum atomic E-state index is 13.9. The average molecular weight is 490 g/mol. The molecule has 172 valence electrons. The monoisotopic (exact) mass is 489 g/mol. The largest absolute Gasteiger partial charge is 0.492 e. The molecule has 3 aromatic carbocycles. The zero-order valence-electron chi connectivity index (χ0n) is 17.6. The van der Waals surface area contributed by atoms with Crippen molar-refractivity contribution in [1.82, 2.24) is 5.43 Å². The van der Waals surface area contributed by atoms with Gasteiger partial charge < -0.3 is 4.74 Å². The van der Waals surface area contributed by atoms with Crippen LogP contribution in [0.15, 0.2) is 82.8 Å². The number of sulfonamides is 1. The fraction of sp³-hybridized carbons (Fsp3) is 0.130. The number of carbonyl (C=O) groups excluding carboxylic acids is 1. The lowest BCUT2D eigenvalue weighted by molar-refractivity contribution is -0.119. The summed E-state index contributed by atoms with van der Waals surface area (Å²) in [7, 11) is -4.12. The predicted octanol–water partition coefficient (Wildman–Crippen LogP) is 4.22. The molecule has 0 unspecified atom stereocenters. The lowest BCUT2D eigenvalue weighted by Crippen LogP contribution is -2.39. The van der Waals surface area contributed by atoms with Crippen LogP contribution in [0.4, 0.5) is 10.1 Å². The first-order valence-electron chi connectivity index (χ1n) is 9.90. The number of amides is 1. The van der Waals surface area contributed by atoms with E-state index in [2.05, 4.69) is 10.5 Å². The topological polar surface area (TPSA) is 88.1 Å². The van der Waals surface area contributed by atoms with Gasteiger partial charge in [-0.25, -0.2) is 18.2 Å². The number of ether oxygens (including phenoxy) is 1. The summed E-state index contributed by atoms with van der Waals surface area (Å²) < 4.78 is 47.2. The molecule has 0 heterocycles. The van der Waals surface area contributed by atoms with E-state index in [1.807, 2.05) is 0 Å². The number of hydrogen-bond acceptors (Lipinski definition) is 5. The van der Waals surface area contributed by atoms with Crippen molar-refractivity contribution in [3.8, 4) is 5.75 Å². The lowest BCUT2D eigenvalue weighted by atomic mass is 10.2. The molecule has 3 aromatic rings. The normalized spacial score (nSPS) is 11.4. The molecule has 0 spiro atoms. The molecule has 3 rings (SSSR count). The van der Waals surface area contributed by atoms with Crippen LogP contribution in [-0.4, -0.2) is 33.7 Å². The van der Waals surface area contributed by atoms with Crippen molar-refractivity contribution in [1.29, 1.82) is 0 Å². The minimum absolute atomic E-state index is 0.00470. The number of hydrogen-bond donors (Lipinski definition) is 1. The number of para-hydroxylation sites is 2. The first kappa shape index (κ1) is 24.2. The molecule has 7 nitrogen and oxygen atoms in total. The zero-order valence-corrected chi connectivity index (χ0v) is 19.2. The van der Waals surface area contributed by atoms with Crippen molar-refractivity contribution >= 4 is 39.4 Å². The Kier molecular flexibility index (Phi) is 8.02. The van der Waals surface area contributed by atoms with Crippen LogP contribution in [0.2, 0.25) is 5.02 Å². The van der Waals surface area contributed by atoms with Crippen LogP contribution < -0.4 is 14.5 Å². The van der Waals surface area contributed by atoms with Gasteiger partial charge in [0.2, 0.25) is 0 Å². The maximum absolute atomic E-state index is 13.9. The van der Waals surface area contributed by atoms with Gasteiger partial charge in [-0.15, -0.1) is 0 Å². The summed E-state index contributed by atoms with van der Waals surface area (Å²) in [6.45, 7) is 1.47. The smallest absolute Gasteiger partial charge is 0.264 e. The molecule has 33 heavy (non-hydrogen) atoms. The molecule has 0 aliphatic heterocycles. The van der Waals surface area contributed by atoms with E-state index >= 15 is 0 Å². The summed E-state index contributed by atoms with van der Waals surface area (Å²) in [6.07, 6.45) is 1.06. The van der Waals surface area contributed by atoms with E-state index in [9.17, 15) is 17.6 Å². The van der Waals surface area contributed by atoms with Gasteiger partial charge in [-0.3, -0.25) is 9.10 Å². The van der Waals surface area contributed by atoms with E-state index in [4.69, 9.17) is 16.3 Å². The Morgan fingerprint density at radius 3 is 2.48 bits per heavy atom. The highest BCUT2D eigenvalue weighted by atomic mass is 35.5. The van der Waals surface area contributed by atoms with Crippen molar-refractivity contribution < 1.29 is 22.3 Å². The van der Waals surface area contributed by atoms with E-state index in [1.54, 1.807) is 49.4 Å². The van der Waals surface area contributed by atoms with Gasteiger partial charge >= 0.3 is 0 Å². The fourth-order valence-electron chi connectivity index (χ4n) is 2.93. The first-order valence-corrected chi connectivity index (χ1v) is 11.7. The molecule has 1 N–H and O–H groups in total. The molecule has 0 fully saturated rings. The summed E-state index contributed by atoms with van der Waals surface area (Å²) in [5, 5.41) is 3.84. The molecule has 0 aliphatic rings. The summed E-state index contributed by atoms with van der Waals surface area (Å²) >= 11 is 5.94. The Bertz CT molecular complexity index is 1230. The van der Waals surface area contributed by atoms with E-state index < -0.39 is 28.3 Å². The lowest BCUT2D eigenvalue weighted by Gasteiger charge is -2.25. The summed E-state index contributed by atoms with van der Waals surface area (Å²) in [6, 6.07) is 18.3. The minimum Gasteiger partial charge on any atom is -0.492 e. The third-order valence-corrected chi connectivity index (χ3v) is 6.54. The van der Waals surface area contributed by atoms with Crippen molar-refractivity contribution in [2.45, 2.75) is 11.8 Å². The number of hydrazone groups is 1. The van der Waals surface area contributed by atoms with Gasteiger partial charge in [0, 0.05) is 5.56 Å². The van der Waals surface area contributed by atoms with Crippen LogP contribution in [0, 0.1) is 5.82 Å². The van der Waals surface area contributed by atoms with Gasteiger partial charge in [0.1, 0.15) is 18.1 Å². The van der Waals surface area contributed by atoms with Gasteiger partial charge in [-0.1, -0.05) is 48.0 Å². The van der Waals surface area contributed by atoms with E-state index in [1.165, 1.54) is 30.3 Å². The SMILES string of the molecule is CCOc1ccccc1N(CC(=O)N/N=C\c1c(F)cccc1Cl)S(=O)(=O)c1ccccc1. The molecular weight excluding hydrogens is 469 g/mol. The Labute approximate surface area is 196 Å². The summed E-state index contributed by atoms with van der Waals surface area (Å²) in [5.41, 5.74) is 2.41. The molecular formula is C23H21ClFN3O4S. The zero-order chi connectivity index (χ0) is 23.8. The molecule has 0 saturated heterocycles. The summed E-state index contributed by atoms with van der Waals surface area (Å²) in [4.78, 5) is 12.6. The van der Waals surface area contributed by atoms with Gasteiger partial charge in [0.25, 0.3) is 15.9 Å². The number of rotatable bonds is 9. The molecule has 0 bridgehead atoms. The Balaban J connectivity index is 1.91. The minimum atomic E-state index is -4.12. The molecule has 10 heteroatoms. The van der Waals surface area contributed by atoms with Gasteiger partial charge in [-0.2, -0.15) is 5.10 Å². The number of nitrogens with zero attached hydrogens (tertiary/aromatic N) is 2. The van der Waals surface area contributed by atoms with E-state index in [0.29, 0.717) is 12.4 Å². The number of benzene rings is 3. The Morgan fingerprint density at radius 1 is 1.09 bits per heavy atom. The molecule has 0 atom stereocenters. The standard InChI is InChI=1S/C23H21ClFN3O4S/c1-2-32-22-14-7-6-13-21(22)28(33(30,31)17-9-4-3-5-10-17)16-23(29)27-26-15-18-19(24)11-8-12-20(18)25/h3-15H,2,16H2,1H3,(H,27,29)/b26-15-. The predicted molar refractivity (Wildman–Crippen MR) is 126 cm³/mol. The van der Waals surface area contributed by atoms with Gasteiger partial charge in [-0.05, 0) is 43.3 Å². The number of halogens is 2. The van der Waals surface area contributed by atoms with Crippen LogP contribution in [0.3, 0.4) is 0 Å². The van der Waals surface area contributed by atoms with Crippen LogP contribution in [-0.2, 0) is 14.8 Å². The van der Waals surface area contributed by atoms with Crippen molar-refractivity contribution in [2.75, 3.05) is 17.5 Å².